The fraction of sp³-hybridized carbons (Fsp3) is 0.562. The van der Waals surface area contributed by atoms with Gasteiger partial charge < -0.3 is 15.0 Å². The first-order chi connectivity index (χ1) is 10.9. The summed E-state index contributed by atoms with van der Waals surface area (Å²) in [6.45, 7) is 7.26. The second-order valence-corrected chi connectivity index (χ2v) is 6.85. The van der Waals surface area contributed by atoms with Gasteiger partial charge in [-0.1, -0.05) is 0 Å². The van der Waals surface area contributed by atoms with Gasteiger partial charge in [-0.15, -0.1) is 0 Å². The minimum atomic E-state index is -0.479. The molecule has 0 saturated carbocycles. The summed E-state index contributed by atoms with van der Waals surface area (Å²) in [4.78, 5) is 18.7. The third-order valence-corrected chi connectivity index (χ3v) is 3.71. The lowest BCUT2D eigenvalue weighted by atomic mass is 10.1. The number of nitrogens with zero attached hydrogens (tertiary/aromatic N) is 4. The van der Waals surface area contributed by atoms with Crippen molar-refractivity contribution in [3.05, 3.63) is 24.5 Å². The molecule has 1 aliphatic rings. The van der Waals surface area contributed by atoms with E-state index in [0.29, 0.717) is 0 Å². The lowest BCUT2D eigenvalue weighted by molar-refractivity contribution is 0.0500. The average molecular weight is 317 g/mol. The van der Waals surface area contributed by atoms with Crippen LogP contribution in [0.5, 0.6) is 0 Å². The van der Waals surface area contributed by atoms with Crippen molar-refractivity contribution >= 4 is 17.6 Å². The van der Waals surface area contributed by atoms with Crippen LogP contribution in [0.3, 0.4) is 0 Å². The lowest BCUT2D eigenvalue weighted by Crippen LogP contribution is -2.49. The van der Waals surface area contributed by atoms with Gasteiger partial charge >= 0.3 is 6.09 Å². The van der Waals surface area contributed by atoms with Gasteiger partial charge in [0.2, 0.25) is 0 Å². The molecule has 7 nitrogen and oxygen atoms in total. The van der Waals surface area contributed by atoms with Crippen molar-refractivity contribution in [2.75, 3.05) is 18.0 Å². The maximum absolute atomic E-state index is 11.9. The molecular formula is C16H23N5O2. The quantitative estimate of drug-likeness (QED) is 0.919. The number of fused-ring (bicyclic) bond motifs is 1. The van der Waals surface area contributed by atoms with Gasteiger partial charge in [0.1, 0.15) is 11.4 Å². The predicted octanol–water partition coefficient (Wildman–Crippen LogP) is 2.22. The summed E-state index contributed by atoms with van der Waals surface area (Å²) in [7, 11) is 0. The molecule has 3 rings (SSSR count). The van der Waals surface area contributed by atoms with Gasteiger partial charge in [0.05, 0.1) is 6.20 Å². The molecule has 0 aliphatic carbocycles. The Balaban J connectivity index is 1.64. The maximum Gasteiger partial charge on any atom is 0.407 e. The SMILES string of the molecule is CC(C)(C)OC(=O)N[C@H]1CCCN(c2ccn3nccc3n2)C1. The number of carbonyl (C=O) groups is 1. The largest absolute Gasteiger partial charge is 0.444 e. The topological polar surface area (TPSA) is 71.8 Å². The Kier molecular flexibility index (Phi) is 4.11. The molecule has 0 unspecified atom stereocenters. The number of hydrogen-bond donors (Lipinski definition) is 1. The Morgan fingerprint density at radius 3 is 3.00 bits per heavy atom. The molecule has 1 fully saturated rings. The van der Waals surface area contributed by atoms with Crippen LogP contribution in [-0.4, -0.2) is 45.4 Å². The van der Waals surface area contributed by atoms with Gasteiger partial charge in [-0.05, 0) is 39.7 Å². The number of rotatable bonds is 2. The number of hydrogen-bond acceptors (Lipinski definition) is 5. The maximum atomic E-state index is 11.9. The molecule has 0 aromatic carbocycles. The van der Waals surface area contributed by atoms with E-state index in [0.717, 1.165) is 37.4 Å². The second-order valence-electron chi connectivity index (χ2n) is 6.85. The minimum Gasteiger partial charge on any atom is -0.444 e. The Hall–Kier alpha value is -2.31. The van der Waals surface area contributed by atoms with Gasteiger partial charge in [0.15, 0.2) is 5.65 Å². The highest BCUT2D eigenvalue weighted by molar-refractivity contribution is 5.68. The summed E-state index contributed by atoms with van der Waals surface area (Å²) >= 11 is 0. The lowest BCUT2D eigenvalue weighted by Gasteiger charge is -2.34. The Morgan fingerprint density at radius 1 is 1.39 bits per heavy atom. The zero-order valence-corrected chi connectivity index (χ0v) is 13.8. The molecule has 23 heavy (non-hydrogen) atoms. The summed E-state index contributed by atoms with van der Waals surface area (Å²) in [5, 5.41) is 7.11. The van der Waals surface area contributed by atoms with Crippen LogP contribution in [0.4, 0.5) is 10.6 Å². The molecular weight excluding hydrogens is 294 g/mol. The summed E-state index contributed by atoms with van der Waals surface area (Å²) < 4.78 is 7.07. The Labute approximate surface area is 135 Å². The summed E-state index contributed by atoms with van der Waals surface area (Å²) in [6, 6.07) is 3.90. The molecule has 0 radical (unpaired) electrons. The van der Waals surface area contributed by atoms with E-state index in [1.54, 1.807) is 10.7 Å². The van der Waals surface area contributed by atoms with Crippen molar-refractivity contribution in [2.24, 2.45) is 0 Å². The van der Waals surface area contributed by atoms with Gasteiger partial charge in [-0.25, -0.2) is 14.3 Å². The van der Waals surface area contributed by atoms with Crippen LogP contribution in [-0.2, 0) is 4.74 Å². The highest BCUT2D eigenvalue weighted by atomic mass is 16.6. The van der Waals surface area contributed by atoms with E-state index in [-0.39, 0.29) is 12.1 Å². The first-order valence-electron chi connectivity index (χ1n) is 7.95. The number of amides is 1. The molecule has 3 heterocycles. The van der Waals surface area contributed by atoms with Gasteiger partial charge in [0.25, 0.3) is 0 Å². The highest BCUT2D eigenvalue weighted by Crippen LogP contribution is 2.19. The minimum absolute atomic E-state index is 0.0709. The molecule has 0 bridgehead atoms. The van der Waals surface area contributed by atoms with Crippen LogP contribution in [0.15, 0.2) is 24.5 Å². The van der Waals surface area contributed by atoms with E-state index in [1.807, 2.05) is 39.1 Å². The van der Waals surface area contributed by atoms with Gasteiger partial charge in [0, 0.05) is 31.4 Å². The molecule has 1 aliphatic heterocycles. The van der Waals surface area contributed by atoms with Crippen molar-refractivity contribution in [1.29, 1.82) is 0 Å². The number of anilines is 1. The van der Waals surface area contributed by atoms with Crippen molar-refractivity contribution < 1.29 is 9.53 Å². The van der Waals surface area contributed by atoms with E-state index in [4.69, 9.17) is 4.74 Å². The van der Waals surface area contributed by atoms with Crippen molar-refractivity contribution in [3.63, 3.8) is 0 Å². The molecule has 1 N–H and O–H groups in total. The Morgan fingerprint density at radius 2 is 2.22 bits per heavy atom. The zero-order valence-electron chi connectivity index (χ0n) is 13.8. The van der Waals surface area contributed by atoms with Crippen molar-refractivity contribution in [3.8, 4) is 0 Å². The number of aromatic nitrogens is 3. The molecule has 1 amide bonds. The molecule has 124 valence electrons. The third kappa shape index (κ3) is 3.91. The van der Waals surface area contributed by atoms with Gasteiger partial charge in [-0.3, -0.25) is 0 Å². The van der Waals surface area contributed by atoms with Crippen molar-refractivity contribution in [1.82, 2.24) is 19.9 Å². The summed E-state index contributed by atoms with van der Waals surface area (Å²) in [5.41, 5.74) is 0.345. The van der Waals surface area contributed by atoms with E-state index >= 15 is 0 Å². The van der Waals surface area contributed by atoms with Gasteiger partial charge in [-0.2, -0.15) is 5.10 Å². The summed E-state index contributed by atoms with van der Waals surface area (Å²) in [6.07, 6.45) is 5.23. The molecule has 0 spiro atoms. The second kappa shape index (κ2) is 6.06. The first-order valence-corrected chi connectivity index (χ1v) is 7.95. The molecule has 2 aromatic heterocycles. The van der Waals surface area contributed by atoms with Crippen LogP contribution in [0.25, 0.3) is 5.65 Å². The van der Waals surface area contributed by atoms with Crippen molar-refractivity contribution in [2.45, 2.75) is 45.3 Å². The van der Waals surface area contributed by atoms with E-state index in [1.165, 1.54) is 0 Å². The fourth-order valence-electron chi connectivity index (χ4n) is 2.76. The number of nitrogens with one attached hydrogen (secondary N) is 1. The standard InChI is InChI=1S/C16H23N5O2/c1-16(2,3)23-15(22)18-12-5-4-9-20(11-12)13-7-10-21-14(19-13)6-8-17-21/h6-8,10,12H,4-5,9,11H2,1-3H3,(H,18,22)/t12-/m0/s1. The van der Waals surface area contributed by atoms with E-state index in [2.05, 4.69) is 20.3 Å². The Bertz CT molecular complexity index is 691. The highest BCUT2D eigenvalue weighted by Gasteiger charge is 2.25. The molecule has 1 atom stereocenters. The number of ether oxygens (including phenoxy) is 1. The van der Waals surface area contributed by atoms with Crippen LogP contribution < -0.4 is 10.2 Å². The van der Waals surface area contributed by atoms with E-state index in [9.17, 15) is 4.79 Å². The smallest absolute Gasteiger partial charge is 0.407 e. The number of piperidine rings is 1. The first kappa shape index (κ1) is 15.6. The van der Waals surface area contributed by atoms with Crippen LogP contribution in [0.1, 0.15) is 33.6 Å². The predicted molar refractivity (Wildman–Crippen MR) is 87.6 cm³/mol. The molecule has 1 saturated heterocycles. The monoisotopic (exact) mass is 317 g/mol. The number of alkyl carbamates (subject to hydrolysis) is 1. The molecule has 2 aromatic rings. The zero-order chi connectivity index (χ0) is 16.4. The van der Waals surface area contributed by atoms with Crippen LogP contribution >= 0.6 is 0 Å². The van der Waals surface area contributed by atoms with E-state index < -0.39 is 5.60 Å². The fourth-order valence-corrected chi connectivity index (χ4v) is 2.76. The molecule has 7 heteroatoms. The summed E-state index contributed by atoms with van der Waals surface area (Å²) in [5.74, 6) is 0.911. The van der Waals surface area contributed by atoms with Crippen LogP contribution in [0.2, 0.25) is 0 Å². The third-order valence-electron chi connectivity index (χ3n) is 3.71. The number of carbonyl (C=O) groups excluding carboxylic acids is 1. The normalized spacial score (nSPS) is 18.9. The van der Waals surface area contributed by atoms with Crippen LogP contribution in [0, 0.1) is 0 Å². The average Bonchev–Trinajstić information content (AvgIpc) is 2.92.